The molecule has 1 atom stereocenters. The Morgan fingerprint density at radius 3 is 2.52 bits per heavy atom. The summed E-state index contributed by atoms with van der Waals surface area (Å²) in [7, 11) is 0. The number of aromatic nitrogens is 2. The number of H-pyrrole nitrogens is 1. The molecular formula is C17H29N3O5. The van der Waals surface area contributed by atoms with Crippen molar-refractivity contribution in [2.75, 3.05) is 33.0 Å². The van der Waals surface area contributed by atoms with Crippen LogP contribution in [0.5, 0.6) is 0 Å². The summed E-state index contributed by atoms with van der Waals surface area (Å²) in [6.45, 7) is 6.57. The zero-order valence-electron chi connectivity index (χ0n) is 15.1. The predicted octanol–water partition coefficient (Wildman–Crippen LogP) is 0.827. The Kier molecular flexibility index (Phi) is 10.5. The third-order valence-electron chi connectivity index (χ3n) is 3.66. The lowest BCUT2D eigenvalue weighted by atomic mass is 10.3. The Morgan fingerprint density at radius 1 is 1.16 bits per heavy atom. The average molecular weight is 355 g/mol. The highest BCUT2D eigenvalue weighted by atomic mass is 16.5. The summed E-state index contributed by atoms with van der Waals surface area (Å²) >= 11 is 0. The molecule has 0 saturated carbocycles. The molecule has 0 fully saturated rings. The maximum absolute atomic E-state index is 12.0. The Labute approximate surface area is 147 Å². The topological polar surface area (TPSA) is 102 Å². The smallest absolute Gasteiger partial charge is 0.329 e. The van der Waals surface area contributed by atoms with Crippen LogP contribution in [0.25, 0.3) is 0 Å². The first-order valence-corrected chi connectivity index (χ1v) is 8.81. The summed E-state index contributed by atoms with van der Waals surface area (Å²) in [5, 5.41) is 2.70. The minimum absolute atomic E-state index is 0.308. The van der Waals surface area contributed by atoms with Crippen LogP contribution >= 0.6 is 0 Å². The predicted molar refractivity (Wildman–Crippen MR) is 94.8 cm³/mol. The SMILES string of the molecule is CCCCCOCCCOCCNC(=O)[C@H](C)n1ccc(=O)[nH]c1=O. The minimum atomic E-state index is -0.708. The van der Waals surface area contributed by atoms with E-state index in [0.717, 1.165) is 19.4 Å². The van der Waals surface area contributed by atoms with Gasteiger partial charge >= 0.3 is 5.69 Å². The first kappa shape index (κ1) is 21.1. The number of carbonyl (C=O) groups excluding carboxylic acids is 1. The number of unbranched alkanes of at least 4 members (excludes halogenated alkanes) is 2. The third kappa shape index (κ3) is 8.64. The van der Waals surface area contributed by atoms with Crippen LogP contribution in [0.4, 0.5) is 0 Å². The van der Waals surface area contributed by atoms with Crippen molar-refractivity contribution in [3.8, 4) is 0 Å². The van der Waals surface area contributed by atoms with Crippen molar-refractivity contribution in [3.05, 3.63) is 33.1 Å². The van der Waals surface area contributed by atoms with E-state index in [1.807, 2.05) is 0 Å². The van der Waals surface area contributed by atoms with E-state index >= 15 is 0 Å². The molecule has 8 nitrogen and oxygen atoms in total. The van der Waals surface area contributed by atoms with E-state index in [0.29, 0.717) is 26.4 Å². The van der Waals surface area contributed by atoms with Crippen LogP contribution in [-0.4, -0.2) is 48.4 Å². The van der Waals surface area contributed by atoms with Crippen LogP contribution in [0.15, 0.2) is 21.9 Å². The number of carbonyl (C=O) groups is 1. The van der Waals surface area contributed by atoms with Gasteiger partial charge in [0.05, 0.1) is 6.61 Å². The monoisotopic (exact) mass is 355 g/mol. The molecule has 1 amide bonds. The van der Waals surface area contributed by atoms with E-state index in [-0.39, 0.29) is 5.91 Å². The maximum Gasteiger partial charge on any atom is 0.329 e. The van der Waals surface area contributed by atoms with Crippen LogP contribution in [0.2, 0.25) is 0 Å². The highest BCUT2D eigenvalue weighted by Gasteiger charge is 2.15. The molecule has 0 aliphatic carbocycles. The number of aromatic amines is 1. The van der Waals surface area contributed by atoms with Gasteiger partial charge in [0.15, 0.2) is 0 Å². The van der Waals surface area contributed by atoms with Crippen LogP contribution in [-0.2, 0) is 14.3 Å². The summed E-state index contributed by atoms with van der Waals surface area (Å²) in [5.74, 6) is -0.308. The van der Waals surface area contributed by atoms with Gasteiger partial charge < -0.3 is 14.8 Å². The molecule has 0 aromatic carbocycles. The van der Waals surface area contributed by atoms with Gasteiger partial charge in [-0.15, -0.1) is 0 Å². The van der Waals surface area contributed by atoms with Crippen molar-refractivity contribution >= 4 is 5.91 Å². The van der Waals surface area contributed by atoms with E-state index in [1.54, 1.807) is 6.92 Å². The standard InChI is InChI=1S/C17H29N3O5/c1-3-4-5-10-24-11-6-12-25-13-8-18-16(22)14(2)20-9-7-15(21)19-17(20)23/h7,9,14H,3-6,8,10-13H2,1-2H3,(H,18,22)(H,19,21,23)/t14-/m0/s1. The zero-order valence-corrected chi connectivity index (χ0v) is 15.1. The normalized spacial score (nSPS) is 12.1. The summed E-state index contributed by atoms with van der Waals surface area (Å²) in [6.07, 6.45) is 5.61. The molecule has 25 heavy (non-hydrogen) atoms. The van der Waals surface area contributed by atoms with Crippen LogP contribution in [0.1, 0.15) is 45.6 Å². The summed E-state index contributed by atoms with van der Waals surface area (Å²) in [4.78, 5) is 36.8. The summed E-state index contributed by atoms with van der Waals surface area (Å²) in [6, 6.07) is 0.499. The van der Waals surface area contributed by atoms with Crippen molar-refractivity contribution in [2.45, 2.75) is 45.6 Å². The Hall–Kier alpha value is -1.93. The van der Waals surface area contributed by atoms with Gasteiger partial charge in [-0.3, -0.25) is 19.1 Å². The highest BCUT2D eigenvalue weighted by Crippen LogP contribution is 1.99. The molecule has 1 aromatic rings. The molecule has 2 N–H and O–H groups in total. The van der Waals surface area contributed by atoms with Gasteiger partial charge in [0, 0.05) is 38.6 Å². The van der Waals surface area contributed by atoms with Crippen LogP contribution in [0, 0.1) is 0 Å². The van der Waals surface area contributed by atoms with Crippen molar-refractivity contribution in [1.29, 1.82) is 0 Å². The van der Waals surface area contributed by atoms with Gasteiger partial charge in [-0.1, -0.05) is 19.8 Å². The summed E-state index contributed by atoms with van der Waals surface area (Å²) < 4.78 is 12.1. The number of nitrogens with one attached hydrogen (secondary N) is 2. The average Bonchev–Trinajstić information content (AvgIpc) is 2.59. The van der Waals surface area contributed by atoms with Gasteiger partial charge in [0.1, 0.15) is 6.04 Å². The van der Waals surface area contributed by atoms with E-state index in [2.05, 4.69) is 17.2 Å². The van der Waals surface area contributed by atoms with E-state index in [1.165, 1.54) is 29.7 Å². The molecular weight excluding hydrogens is 326 g/mol. The molecule has 0 spiro atoms. The van der Waals surface area contributed by atoms with Crippen molar-refractivity contribution in [1.82, 2.24) is 14.9 Å². The fraction of sp³-hybridized carbons (Fsp3) is 0.706. The lowest BCUT2D eigenvalue weighted by Crippen LogP contribution is -2.39. The first-order valence-electron chi connectivity index (χ1n) is 8.81. The molecule has 8 heteroatoms. The van der Waals surface area contributed by atoms with Crippen molar-refractivity contribution in [2.24, 2.45) is 0 Å². The molecule has 0 saturated heterocycles. The largest absolute Gasteiger partial charge is 0.381 e. The second-order valence-corrected chi connectivity index (χ2v) is 5.77. The van der Waals surface area contributed by atoms with Crippen molar-refractivity contribution in [3.63, 3.8) is 0 Å². The molecule has 0 aliphatic heterocycles. The molecule has 1 aromatic heterocycles. The van der Waals surface area contributed by atoms with E-state index in [9.17, 15) is 14.4 Å². The molecule has 0 radical (unpaired) electrons. The minimum Gasteiger partial charge on any atom is -0.381 e. The zero-order chi connectivity index (χ0) is 18.5. The van der Waals surface area contributed by atoms with Crippen molar-refractivity contribution < 1.29 is 14.3 Å². The number of amides is 1. The number of rotatable bonds is 13. The fourth-order valence-electron chi connectivity index (χ4n) is 2.17. The quantitative estimate of drug-likeness (QED) is 0.510. The van der Waals surface area contributed by atoms with Gasteiger partial charge in [-0.2, -0.15) is 0 Å². The second-order valence-electron chi connectivity index (χ2n) is 5.77. The Bertz CT molecular complexity index is 611. The molecule has 0 aliphatic rings. The number of hydrogen-bond acceptors (Lipinski definition) is 5. The number of ether oxygens (including phenoxy) is 2. The van der Waals surface area contributed by atoms with E-state index < -0.39 is 17.3 Å². The Morgan fingerprint density at radius 2 is 1.84 bits per heavy atom. The molecule has 0 bridgehead atoms. The van der Waals surface area contributed by atoms with Gasteiger partial charge in [-0.05, 0) is 19.8 Å². The van der Waals surface area contributed by atoms with Gasteiger partial charge in [0.2, 0.25) is 5.91 Å². The van der Waals surface area contributed by atoms with Crippen LogP contribution < -0.4 is 16.6 Å². The molecule has 0 unspecified atom stereocenters. The number of hydrogen-bond donors (Lipinski definition) is 2. The third-order valence-corrected chi connectivity index (χ3v) is 3.66. The lowest BCUT2D eigenvalue weighted by Gasteiger charge is -2.14. The number of nitrogens with zero attached hydrogens (tertiary/aromatic N) is 1. The molecule has 1 rings (SSSR count). The molecule has 142 valence electrons. The molecule has 1 heterocycles. The fourth-order valence-corrected chi connectivity index (χ4v) is 2.17. The lowest BCUT2D eigenvalue weighted by molar-refractivity contribution is -0.124. The van der Waals surface area contributed by atoms with Gasteiger partial charge in [-0.25, -0.2) is 4.79 Å². The first-order chi connectivity index (χ1) is 12.1. The Balaban J connectivity index is 2.10. The van der Waals surface area contributed by atoms with Crippen LogP contribution in [0.3, 0.4) is 0 Å². The van der Waals surface area contributed by atoms with E-state index in [4.69, 9.17) is 9.47 Å². The maximum atomic E-state index is 12.0. The van der Waals surface area contributed by atoms with Gasteiger partial charge in [0.25, 0.3) is 5.56 Å². The second kappa shape index (κ2) is 12.4. The summed E-state index contributed by atoms with van der Waals surface area (Å²) in [5.41, 5.74) is -1.10. The highest BCUT2D eigenvalue weighted by molar-refractivity contribution is 5.79.